The van der Waals surface area contributed by atoms with Gasteiger partial charge in [-0.2, -0.15) is 0 Å². The number of likely N-dealkylation sites (tertiary alicyclic amines) is 1. The number of benzene rings is 2. The molecule has 1 aliphatic heterocycles. The molecule has 2 aromatic carbocycles. The van der Waals surface area contributed by atoms with Crippen molar-refractivity contribution in [2.75, 3.05) is 33.4 Å². The molecule has 0 aliphatic carbocycles. The molecule has 1 aromatic heterocycles. The minimum atomic E-state index is -1.21. The van der Waals surface area contributed by atoms with Crippen LogP contribution >= 0.6 is 0 Å². The molecule has 3 N–H and O–H groups in total. The summed E-state index contributed by atoms with van der Waals surface area (Å²) in [5.74, 6) is -2.08. The van der Waals surface area contributed by atoms with Gasteiger partial charge in [0.15, 0.2) is 0 Å². The molecule has 1 fully saturated rings. The smallest absolute Gasteiger partial charge is 0.249 e. The van der Waals surface area contributed by atoms with Crippen molar-refractivity contribution in [1.82, 2.24) is 15.4 Å². The topological polar surface area (TPSA) is 104 Å². The summed E-state index contributed by atoms with van der Waals surface area (Å²) in [5.41, 5.74) is 1.37. The maximum atomic E-state index is 14.8. The number of carbonyl (C=O) groups is 1. The van der Waals surface area contributed by atoms with Crippen molar-refractivity contribution >= 4 is 16.8 Å². The third-order valence-electron chi connectivity index (χ3n) is 7.21. The highest BCUT2D eigenvalue weighted by atomic mass is 19.1. The van der Waals surface area contributed by atoms with Gasteiger partial charge < -0.3 is 14.6 Å². The van der Waals surface area contributed by atoms with Crippen LogP contribution < -0.4 is 15.0 Å². The van der Waals surface area contributed by atoms with Gasteiger partial charge in [0.2, 0.25) is 5.91 Å². The molecule has 0 radical (unpaired) electrons. The average molecular weight is 534 g/mol. The van der Waals surface area contributed by atoms with Gasteiger partial charge in [0.25, 0.3) is 0 Å². The Bertz CT molecular complexity index is 1260. The third-order valence-corrected chi connectivity index (χ3v) is 7.21. The van der Waals surface area contributed by atoms with E-state index in [4.69, 9.17) is 9.47 Å². The van der Waals surface area contributed by atoms with Crippen LogP contribution in [0.1, 0.15) is 37.4 Å². The number of rotatable bonds is 10. The van der Waals surface area contributed by atoms with Crippen LogP contribution in [0, 0.1) is 22.9 Å². The van der Waals surface area contributed by atoms with Gasteiger partial charge >= 0.3 is 0 Å². The highest BCUT2D eigenvalue weighted by Crippen LogP contribution is 2.40. The number of hydroxylamine groups is 1. The predicted octanol–water partition coefficient (Wildman–Crippen LogP) is 4.14. The van der Waals surface area contributed by atoms with E-state index in [0.717, 1.165) is 24.4 Å². The van der Waals surface area contributed by atoms with Crippen molar-refractivity contribution < 1.29 is 37.8 Å². The Balaban J connectivity index is 1.39. The van der Waals surface area contributed by atoms with Crippen molar-refractivity contribution in [1.29, 1.82) is 0 Å². The number of aromatic nitrogens is 1. The van der Waals surface area contributed by atoms with Crippen LogP contribution in [-0.4, -0.2) is 59.5 Å². The van der Waals surface area contributed by atoms with Gasteiger partial charge in [-0.05, 0) is 57.0 Å². The average Bonchev–Trinajstić information content (AvgIpc) is 2.91. The fourth-order valence-corrected chi connectivity index (χ4v) is 5.01. The molecule has 8 nitrogen and oxygen atoms in total. The molecule has 4 rings (SSSR count). The minimum absolute atomic E-state index is 0.0783. The number of aliphatic hydroxyl groups is 1. The van der Waals surface area contributed by atoms with E-state index in [1.54, 1.807) is 23.7 Å². The van der Waals surface area contributed by atoms with E-state index in [2.05, 4.69) is 4.98 Å². The molecule has 1 atom stereocenters. The first-order chi connectivity index (χ1) is 18.2. The maximum absolute atomic E-state index is 14.8. The Morgan fingerprint density at radius 1 is 1.13 bits per heavy atom. The van der Waals surface area contributed by atoms with Gasteiger partial charge in [0.05, 0.1) is 30.3 Å². The number of methoxy groups -OCH3 is 1. The summed E-state index contributed by atoms with van der Waals surface area (Å²) < 4.78 is 52.2. The molecule has 3 aromatic rings. The second-order valence-electron chi connectivity index (χ2n) is 9.47. The summed E-state index contributed by atoms with van der Waals surface area (Å²) in [6, 6.07) is 7.95. The van der Waals surface area contributed by atoms with Crippen molar-refractivity contribution in [3.63, 3.8) is 0 Å². The van der Waals surface area contributed by atoms with Crippen molar-refractivity contribution in [2.24, 2.45) is 5.41 Å². The van der Waals surface area contributed by atoms with Crippen LogP contribution in [0.15, 0.2) is 42.6 Å². The van der Waals surface area contributed by atoms with Crippen LogP contribution in [-0.2, 0) is 4.79 Å². The lowest BCUT2D eigenvalue weighted by Gasteiger charge is -2.40. The highest BCUT2D eigenvalue weighted by molar-refractivity contribution is 5.84. The molecule has 1 amide bonds. The summed E-state index contributed by atoms with van der Waals surface area (Å²) in [5, 5.41) is 20.8. The quantitative estimate of drug-likeness (QED) is 0.266. The Morgan fingerprint density at radius 2 is 1.84 bits per heavy atom. The number of ether oxygens (including phenoxy) is 2. The van der Waals surface area contributed by atoms with E-state index >= 15 is 0 Å². The van der Waals surface area contributed by atoms with Gasteiger partial charge in [0.1, 0.15) is 35.6 Å². The number of hydrogen-bond donors (Lipinski definition) is 3. The van der Waals surface area contributed by atoms with Gasteiger partial charge in [-0.15, -0.1) is 0 Å². The summed E-state index contributed by atoms with van der Waals surface area (Å²) in [6.45, 7) is 1.65. The van der Waals surface area contributed by atoms with E-state index < -0.39 is 34.9 Å². The van der Waals surface area contributed by atoms with Crippen LogP contribution in [0.5, 0.6) is 11.5 Å². The lowest BCUT2D eigenvalue weighted by atomic mass is 9.73. The Kier molecular flexibility index (Phi) is 8.70. The number of aliphatic hydroxyl groups excluding tert-OH is 1. The lowest BCUT2D eigenvalue weighted by Crippen LogP contribution is -2.49. The molecule has 2 heterocycles. The molecule has 0 saturated carbocycles. The molecule has 0 spiro atoms. The van der Waals surface area contributed by atoms with E-state index in [9.17, 15) is 28.3 Å². The zero-order chi connectivity index (χ0) is 27.3. The first-order valence-corrected chi connectivity index (χ1v) is 12.3. The minimum Gasteiger partial charge on any atom is -0.497 e. The molecule has 1 saturated heterocycles. The van der Waals surface area contributed by atoms with Gasteiger partial charge in [-0.1, -0.05) is 0 Å². The number of nitrogens with zero attached hydrogens (tertiary/aromatic N) is 2. The number of piperidine rings is 1. The summed E-state index contributed by atoms with van der Waals surface area (Å²) in [6.07, 6.45) is 0.897. The SMILES string of the molecule is COc1ccc2ncc(F)c(C(O)CCC3(C(=O)NO)CCN(CCOc4cc(F)cc(F)c4)CC3)c2c1. The van der Waals surface area contributed by atoms with E-state index in [1.807, 2.05) is 4.90 Å². The van der Waals surface area contributed by atoms with Crippen molar-refractivity contribution in [3.05, 3.63) is 65.6 Å². The van der Waals surface area contributed by atoms with E-state index in [0.29, 0.717) is 49.1 Å². The Morgan fingerprint density at radius 3 is 2.50 bits per heavy atom. The standard InChI is InChI=1S/C27H30F3N3O5/c1-37-19-2-3-23-21(15-19)25(22(30)16-31-23)24(34)4-5-27(26(35)32-36)6-8-33(9-7-27)10-11-38-20-13-17(28)12-18(29)14-20/h2-3,12-16,24,34,36H,4-11H2,1H3,(H,32,35). The zero-order valence-corrected chi connectivity index (χ0v) is 20.9. The van der Waals surface area contributed by atoms with E-state index in [-0.39, 0.29) is 30.8 Å². The van der Waals surface area contributed by atoms with Crippen LogP contribution in [0.3, 0.4) is 0 Å². The fourth-order valence-electron chi connectivity index (χ4n) is 5.01. The lowest BCUT2D eigenvalue weighted by molar-refractivity contribution is -0.144. The molecule has 38 heavy (non-hydrogen) atoms. The van der Waals surface area contributed by atoms with E-state index in [1.165, 1.54) is 7.11 Å². The highest BCUT2D eigenvalue weighted by Gasteiger charge is 2.41. The summed E-state index contributed by atoms with van der Waals surface area (Å²) >= 11 is 0. The van der Waals surface area contributed by atoms with Gasteiger partial charge in [-0.3, -0.25) is 19.9 Å². The Hall–Kier alpha value is -3.41. The predicted molar refractivity (Wildman–Crippen MR) is 132 cm³/mol. The number of amides is 1. The molecule has 204 valence electrons. The number of halogens is 3. The van der Waals surface area contributed by atoms with Crippen LogP contribution in [0.4, 0.5) is 13.2 Å². The molecule has 1 aliphatic rings. The molecule has 0 bridgehead atoms. The zero-order valence-electron chi connectivity index (χ0n) is 20.9. The second kappa shape index (κ2) is 12.0. The number of carbonyl (C=O) groups excluding carboxylic acids is 1. The van der Waals surface area contributed by atoms with Gasteiger partial charge in [-0.25, -0.2) is 18.7 Å². The largest absolute Gasteiger partial charge is 0.497 e. The maximum Gasteiger partial charge on any atom is 0.249 e. The van der Waals surface area contributed by atoms with Crippen molar-refractivity contribution in [3.8, 4) is 11.5 Å². The van der Waals surface area contributed by atoms with Crippen LogP contribution in [0.2, 0.25) is 0 Å². The number of pyridine rings is 1. The second-order valence-corrected chi connectivity index (χ2v) is 9.47. The molecular formula is C27H30F3N3O5. The number of hydrogen-bond acceptors (Lipinski definition) is 7. The van der Waals surface area contributed by atoms with Crippen molar-refractivity contribution in [2.45, 2.75) is 31.8 Å². The number of fused-ring (bicyclic) bond motifs is 1. The van der Waals surface area contributed by atoms with Crippen LogP contribution in [0.25, 0.3) is 10.9 Å². The monoisotopic (exact) mass is 533 g/mol. The molecular weight excluding hydrogens is 503 g/mol. The first-order valence-electron chi connectivity index (χ1n) is 12.3. The Labute approximate surface area is 218 Å². The first kappa shape index (κ1) is 27.6. The summed E-state index contributed by atoms with van der Waals surface area (Å²) in [7, 11) is 1.49. The van der Waals surface area contributed by atoms with Gasteiger partial charge in [0, 0.05) is 35.7 Å². The molecule has 11 heteroatoms. The third kappa shape index (κ3) is 6.17. The summed E-state index contributed by atoms with van der Waals surface area (Å²) in [4.78, 5) is 18.8. The number of nitrogens with one attached hydrogen (secondary N) is 1. The molecule has 1 unspecified atom stereocenters. The normalized spacial score (nSPS) is 16.3. The fraction of sp³-hybridized carbons (Fsp3) is 0.407.